The predicted molar refractivity (Wildman–Crippen MR) is 55.2 cm³/mol. The Labute approximate surface area is 105 Å². The molecule has 0 aliphatic carbocycles. The van der Waals surface area contributed by atoms with E-state index in [0.29, 0.717) is 6.92 Å². The van der Waals surface area contributed by atoms with Crippen LogP contribution in [-0.4, -0.2) is 59.3 Å². The lowest BCUT2D eigenvalue weighted by molar-refractivity contribution is -0.203. The molecule has 0 saturated carbocycles. The van der Waals surface area contributed by atoms with Crippen LogP contribution in [0.25, 0.3) is 0 Å². The highest BCUT2D eigenvalue weighted by Gasteiger charge is 2.58. The van der Waals surface area contributed by atoms with Crippen molar-refractivity contribution in [2.24, 2.45) is 0 Å². The molecule has 0 aromatic carbocycles. The van der Waals surface area contributed by atoms with Crippen molar-refractivity contribution in [3.8, 4) is 0 Å². The van der Waals surface area contributed by atoms with Gasteiger partial charge in [-0.3, -0.25) is 4.79 Å². The number of alkyl halides is 3. The molecule has 3 N–H and O–H groups in total. The Bertz CT molecular complexity index is 412. The summed E-state index contributed by atoms with van der Waals surface area (Å²) < 4.78 is 38.0. The molecule has 1 fully saturated rings. The molecule has 1 unspecified atom stereocenters. The molecule has 108 valence electrons. The van der Waals surface area contributed by atoms with Crippen LogP contribution in [0, 0.1) is 0 Å². The Hall–Kier alpha value is -2.00. The molecule has 0 aromatic heterocycles. The van der Waals surface area contributed by atoms with Crippen molar-refractivity contribution >= 4 is 17.9 Å². The number of urea groups is 1. The van der Waals surface area contributed by atoms with Crippen molar-refractivity contribution in [3.05, 3.63) is 0 Å². The quantitative estimate of drug-likeness (QED) is 0.638. The van der Waals surface area contributed by atoms with Gasteiger partial charge in [0.25, 0.3) is 0 Å². The Morgan fingerprint density at radius 1 is 1.42 bits per heavy atom. The third-order valence-electron chi connectivity index (χ3n) is 2.68. The van der Waals surface area contributed by atoms with E-state index in [1.54, 1.807) is 0 Å². The summed E-state index contributed by atoms with van der Waals surface area (Å²) in [5, 5.41) is 12.4. The lowest BCUT2D eigenvalue weighted by atomic mass is 10.0. The van der Waals surface area contributed by atoms with E-state index in [2.05, 4.69) is 5.32 Å². The molecule has 0 radical (unpaired) electrons. The van der Waals surface area contributed by atoms with Gasteiger partial charge in [0.05, 0.1) is 0 Å². The van der Waals surface area contributed by atoms with E-state index in [0.717, 1.165) is 4.90 Å². The van der Waals surface area contributed by atoms with Crippen LogP contribution >= 0.6 is 0 Å². The van der Waals surface area contributed by atoms with Crippen LogP contribution in [0.4, 0.5) is 18.0 Å². The van der Waals surface area contributed by atoms with Crippen LogP contribution in [-0.2, 0) is 9.59 Å². The lowest BCUT2D eigenvalue weighted by Crippen LogP contribution is -2.65. The molecule has 1 heterocycles. The summed E-state index contributed by atoms with van der Waals surface area (Å²) in [4.78, 5) is 34.1. The number of nitrogens with zero attached hydrogens (tertiary/aromatic N) is 1. The number of rotatable bonds is 2. The van der Waals surface area contributed by atoms with Crippen LogP contribution < -0.4 is 10.6 Å². The van der Waals surface area contributed by atoms with Crippen molar-refractivity contribution in [1.29, 1.82) is 0 Å². The number of carbonyl (C=O) groups excluding carboxylic acids is 2. The first-order chi connectivity index (χ1) is 8.58. The molecule has 1 saturated heterocycles. The van der Waals surface area contributed by atoms with Crippen LogP contribution in [0.5, 0.6) is 0 Å². The summed E-state index contributed by atoms with van der Waals surface area (Å²) in [6, 6.07) is -1.25. The van der Waals surface area contributed by atoms with Crippen LogP contribution in [0.15, 0.2) is 0 Å². The number of nitrogens with one attached hydrogen (secondary N) is 2. The maximum Gasteiger partial charge on any atom is 0.422 e. The number of aliphatic carboxylic acids is 1. The molecule has 7 nitrogen and oxygen atoms in total. The highest BCUT2D eigenvalue weighted by atomic mass is 19.4. The molecule has 19 heavy (non-hydrogen) atoms. The van der Waals surface area contributed by atoms with Gasteiger partial charge < -0.3 is 20.6 Å². The molecule has 0 aromatic rings. The maximum atomic E-state index is 12.7. The molecular weight excluding hydrogens is 271 g/mol. The monoisotopic (exact) mass is 283 g/mol. The number of halogens is 3. The molecule has 0 spiro atoms. The minimum atomic E-state index is -5.16. The van der Waals surface area contributed by atoms with Crippen molar-refractivity contribution < 1.29 is 32.7 Å². The first-order valence-electron chi connectivity index (χ1n) is 5.22. The topological polar surface area (TPSA) is 98.7 Å². The minimum absolute atomic E-state index is 0.00509. The van der Waals surface area contributed by atoms with Crippen LogP contribution in [0.3, 0.4) is 0 Å². The van der Waals surface area contributed by atoms with Gasteiger partial charge in [-0.05, 0) is 6.92 Å². The zero-order chi connectivity index (χ0) is 14.8. The summed E-state index contributed by atoms with van der Waals surface area (Å²) in [6.07, 6.45) is -5.16. The average molecular weight is 283 g/mol. The summed E-state index contributed by atoms with van der Waals surface area (Å²) in [6.45, 7) is 0.0316. The van der Waals surface area contributed by atoms with E-state index >= 15 is 0 Å². The van der Waals surface area contributed by atoms with E-state index in [1.807, 2.05) is 0 Å². The van der Waals surface area contributed by atoms with Gasteiger partial charge in [-0.25, -0.2) is 9.59 Å². The minimum Gasteiger partial charge on any atom is -0.479 e. The van der Waals surface area contributed by atoms with Crippen molar-refractivity contribution in [2.75, 3.05) is 19.6 Å². The Morgan fingerprint density at radius 2 is 2.00 bits per heavy atom. The van der Waals surface area contributed by atoms with Crippen molar-refractivity contribution in [2.45, 2.75) is 18.6 Å². The van der Waals surface area contributed by atoms with Gasteiger partial charge in [-0.15, -0.1) is 0 Å². The second-order valence-corrected chi connectivity index (χ2v) is 4.13. The van der Waals surface area contributed by atoms with Gasteiger partial charge >= 0.3 is 18.2 Å². The number of carboxylic acid groups (broad SMARTS) is 1. The SMILES string of the molecule is CC(NC(=O)N1CCNC(=O)C1)(C(=O)O)C(F)(F)F. The molecule has 1 rings (SSSR count). The number of carboxylic acids is 1. The fraction of sp³-hybridized carbons (Fsp3) is 0.667. The van der Waals surface area contributed by atoms with E-state index < -0.39 is 36.2 Å². The first-order valence-corrected chi connectivity index (χ1v) is 5.22. The van der Waals surface area contributed by atoms with E-state index in [1.165, 1.54) is 5.32 Å². The van der Waals surface area contributed by atoms with Crippen molar-refractivity contribution in [1.82, 2.24) is 15.5 Å². The number of hydrogen-bond acceptors (Lipinski definition) is 3. The van der Waals surface area contributed by atoms with Gasteiger partial charge in [-0.2, -0.15) is 13.2 Å². The second-order valence-electron chi connectivity index (χ2n) is 4.13. The van der Waals surface area contributed by atoms with Crippen molar-refractivity contribution in [3.63, 3.8) is 0 Å². The third-order valence-corrected chi connectivity index (χ3v) is 2.68. The third kappa shape index (κ3) is 3.06. The molecule has 0 bridgehead atoms. The molecule has 1 atom stereocenters. The second kappa shape index (κ2) is 4.94. The van der Waals surface area contributed by atoms with Gasteiger partial charge in [-0.1, -0.05) is 0 Å². The standard InChI is InChI=1S/C9H12F3N3O4/c1-8(6(17)18,9(10,11)12)14-7(19)15-3-2-13-5(16)4-15/h2-4H2,1H3,(H,13,16)(H,14,19)(H,17,18). The predicted octanol–water partition coefficient (Wildman–Crippen LogP) is -0.467. The normalized spacial score (nSPS) is 19.4. The molecular formula is C9H12F3N3O4. The number of piperazine rings is 1. The average Bonchev–Trinajstić information content (AvgIpc) is 2.27. The highest BCUT2D eigenvalue weighted by Crippen LogP contribution is 2.30. The Balaban J connectivity index is 2.83. The highest BCUT2D eigenvalue weighted by molar-refractivity contribution is 5.89. The summed E-state index contributed by atoms with van der Waals surface area (Å²) in [7, 11) is 0. The van der Waals surface area contributed by atoms with Gasteiger partial charge in [0.15, 0.2) is 0 Å². The number of hydrogen-bond donors (Lipinski definition) is 3. The number of carbonyl (C=O) groups is 3. The smallest absolute Gasteiger partial charge is 0.422 e. The summed E-state index contributed by atoms with van der Waals surface area (Å²) in [5.41, 5.74) is -3.40. The van der Waals surface area contributed by atoms with Gasteiger partial charge in [0.1, 0.15) is 6.54 Å². The molecule has 3 amide bonds. The zero-order valence-corrected chi connectivity index (χ0v) is 9.87. The fourth-order valence-corrected chi connectivity index (χ4v) is 1.35. The summed E-state index contributed by atoms with van der Waals surface area (Å²) >= 11 is 0. The Morgan fingerprint density at radius 3 is 2.42 bits per heavy atom. The summed E-state index contributed by atoms with van der Waals surface area (Å²) in [5.74, 6) is -2.75. The van der Waals surface area contributed by atoms with E-state index in [9.17, 15) is 27.6 Å². The molecule has 1 aliphatic heterocycles. The van der Waals surface area contributed by atoms with Gasteiger partial charge in [0, 0.05) is 13.1 Å². The van der Waals surface area contributed by atoms with E-state index in [4.69, 9.17) is 5.11 Å². The van der Waals surface area contributed by atoms with Crippen LogP contribution in [0.2, 0.25) is 0 Å². The number of amides is 3. The van der Waals surface area contributed by atoms with Crippen LogP contribution in [0.1, 0.15) is 6.92 Å². The molecule has 10 heteroatoms. The van der Waals surface area contributed by atoms with E-state index in [-0.39, 0.29) is 13.1 Å². The van der Waals surface area contributed by atoms with Gasteiger partial charge in [0.2, 0.25) is 11.4 Å². The fourth-order valence-electron chi connectivity index (χ4n) is 1.35. The maximum absolute atomic E-state index is 12.7. The zero-order valence-electron chi connectivity index (χ0n) is 9.87. The lowest BCUT2D eigenvalue weighted by Gasteiger charge is -2.33. The Kier molecular flexibility index (Phi) is 3.91. The first kappa shape index (κ1) is 15.1. The molecule has 1 aliphatic rings. The largest absolute Gasteiger partial charge is 0.479 e.